The minimum absolute atomic E-state index is 0.0787. The number of rotatable bonds is 4. The second-order valence-corrected chi connectivity index (χ2v) is 9.72. The van der Waals surface area contributed by atoms with Crippen LogP contribution in [0.1, 0.15) is 31.5 Å². The molecule has 7 heteroatoms. The fourth-order valence-corrected chi connectivity index (χ4v) is 5.26. The predicted octanol–water partition coefficient (Wildman–Crippen LogP) is 3.69. The third kappa shape index (κ3) is 4.66. The van der Waals surface area contributed by atoms with E-state index in [9.17, 15) is 4.79 Å². The highest BCUT2D eigenvalue weighted by atomic mass is 16.1. The number of likely N-dealkylation sites (N-methyl/N-ethyl adjacent to an activating group) is 1. The first-order valence-electron chi connectivity index (χ1n) is 12.1. The summed E-state index contributed by atoms with van der Waals surface area (Å²) in [5.41, 5.74) is 2.19. The Morgan fingerprint density at radius 3 is 2.39 bits per heavy atom. The van der Waals surface area contributed by atoms with Crippen LogP contribution in [0.5, 0.6) is 0 Å². The summed E-state index contributed by atoms with van der Waals surface area (Å²) in [6.07, 6.45) is 7.88. The summed E-state index contributed by atoms with van der Waals surface area (Å²) >= 11 is 0. The van der Waals surface area contributed by atoms with Crippen LogP contribution in [-0.2, 0) is 11.8 Å². The Morgan fingerprint density at radius 2 is 1.70 bits per heavy atom. The lowest BCUT2D eigenvalue weighted by Gasteiger charge is -2.40. The van der Waals surface area contributed by atoms with E-state index < -0.39 is 0 Å². The Hall–Kier alpha value is -2.77. The maximum atomic E-state index is 13.0. The molecule has 0 unspecified atom stereocenters. The van der Waals surface area contributed by atoms with Crippen LogP contribution in [0.2, 0.25) is 0 Å². The summed E-state index contributed by atoms with van der Waals surface area (Å²) in [6.45, 7) is 6.60. The van der Waals surface area contributed by atoms with Crippen molar-refractivity contribution in [2.75, 3.05) is 38.5 Å². The average molecular weight is 447 g/mol. The standard InChI is InChI=1S/C26H34N6O/c1-18-27-17-24(31(18)3)20-4-5-21-16-28-25(15-22(21)14-20)29-26(33)19-6-8-23(9-7-19)32-12-10-30(2)11-13-32/h4-5,14-17,19,23H,6-13H2,1-3H3,(H,28,29,33). The summed E-state index contributed by atoms with van der Waals surface area (Å²) in [5, 5.41) is 5.21. The number of hydrogen-bond donors (Lipinski definition) is 1. The molecule has 1 aliphatic heterocycles. The monoisotopic (exact) mass is 446 g/mol. The third-order valence-electron chi connectivity index (χ3n) is 7.61. The van der Waals surface area contributed by atoms with Crippen LogP contribution in [0.3, 0.4) is 0 Å². The molecule has 0 radical (unpaired) electrons. The highest BCUT2D eigenvalue weighted by Crippen LogP contribution is 2.30. The van der Waals surface area contributed by atoms with Gasteiger partial charge in [-0.25, -0.2) is 9.97 Å². The topological polar surface area (TPSA) is 66.3 Å². The predicted molar refractivity (Wildman–Crippen MR) is 132 cm³/mol. The number of pyridine rings is 1. The molecule has 1 saturated heterocycles. The lowest BCUT2D eigenvalue weighted by Crippen LogP contribution is -2.50. The quantitative estimate of drug-likeness (QED) is 0.662. The van der Waals surface area contributed by atoms with Crippen molar-refractivity contribution in [3.05, 3.63) is 42.5 Å². The number of nitrogens with zero attached hydrogens (tertiary/aromatic N) is 5. The normalized spacial score (nSPS) is 22.5. The molecule has 174 valence electrons. The minimum Gasteiger partial charge on any atom is -0.331 e. The second-order valence-electron chi connectivity index (χ2n) is 9.72. The van der Waals surface area contributed by atoms with Crippen molar-refractivity contribution in [3.63, 3.8) is 0 Å². The van der Waals surface area contributed by atoms with Crippen LogP contribution in [0.25, 0.3) is 22.0 Å². The molecule has 2 aromatic heterocycles. The van der Waals surface area contributed by atoms with Crippen molar-refractivity contribution < 1.29 is 4.79 Å². The van der Waals surface area contributed by atoms with E-state index >= 15 is 0 Å². The first kappa shape index (κ1) is 22.0. The van der Waals surface area contributed by atoms with Gasteiger partial charge >= 0.3 is 0 Å². The van der Waals surface area contributed by atoms with Crippen LogP contribution in [-0.4, -0.2) is 69.5 Å². The Balaban J connectivity index is 1.23. The number of benzene rings is 1. The summed E-state index contributed by atoms with van der Waals surface area (Å²) in [6, 6.07) is 8.93. The molecule has 2 fully saturated rings. The number of imidazole rings is 1. The maximum absolute atomic E-state index is 13.0. The maximum Gasteiger partial charge on any atom is 0.228 e. The van der Waals surface area contributed by atoms with Gasteiger partial charge in [-0.1, -0.05) is 12.1 Å². The molecule has 33 heavy (non-hydrogen) atoms. The highest BCUT2D eigenvalue weighted by Gasteiger charge is 2.30. The van der Waals surface area contributed by atoms with Crippen molar-refractivity contribution >= 4 is 22.5 Å². The third-order valence-corrected chi connectivity index (χ3v) is 7.61. The molecule has 3 heterocycles. The van der Waals surface area contributed by atoms with E-state index in [1.54, 1.807) is 0 Å². The molecule has 1 N–H and O–H groups in total. The number of anilines is 1. The van der Waals surface area contributed by atoms with Crippen molar-refractivity contribution in [1.82, 2.24) is 24.3 Å². The Labute approximate surface area is 195 Å². The van der Waals surface area contributed by atoms with Gasteiger partial charge in [0.1, 0.15) is 11.6 Å². The molecule has 0 atom stereocenters. The van der Waals surface area contributed by atoms with Gasteiger partial charge in [0.2, 0.25) is 5.91 Å². The van der Waals surface area contributed by atoms with Crippen molar-refractivity contribution in [1.29, 1.82) is 0 Å². The summed E-state index contributed by atoms with van der Waals surface area (Å²) in [5.74, 6) is 1.80. The number of amides is 1. The number of fused-ring (bicyclic) bond motifs is 1. The molecule has 1 amide bonds. The zero-order valence-corrected chi connectivity index (χ0v) is 19.9. The van der Waals surface area contributed by atoms with E-state index in [1.165, 1.54) is 0 Å². The van der Waals surface area contributed by atoms with Gasteiger partial charge in [-0.15, -0.1) is 0 Å². The van der Waals surface area contributed by atoms with Gasteiger partial charge in [0.15, 0.2) is 0 Å². The van der Waals surface area contributed by atoms with E-state index in [0.29, 0.717) is 11.9 Å². The van der Waals surface area contributed by atoms with Crippen LogP contribution >= 0.6 is 0 Å². The molecule has 0 spiro atoms. The van der Waals surface area contributed by atoms with Crippen LogP contribution in [0.15, 0.2) is 36.7 Å². The van der Waals surface area contributed by atoms with Gasteiger partial charge in [0, 0.05) is 62.3 Å². The summed E-state index contributed by atoms with van der Waals surface area (Å²) in [7, 11) is 4.22. The van der Waals surface area contributed by atoms with Crippen LogP contribution < -0.4 is 5.32 Å². The van der Waals surface area contributed by atoms with Gasteiger partial charge < -0.3 is 14.8 Å². The molecular formula is C26H34N6O. The number of carbonyl (C=O) groups excluding carboxylic acids is 1. The molecule has 0 bridgehead atoms. The van der Waals surface area contributed by atoms with Crippen LogP contribution in [0.4, 0.5) is 5.82 Å². The largest absolute Gasteiger partial charge is 0.331 e. The van der Waals surface area contributed by atoms with E-state index in [4.69, 9.17) is 0 Å². The zero-order valence-electron chi connectivity index (χ0n) is 19.9. The molecule has 7 nitrogen and oxygen atoms in total. The Kier molecular flexibility index (Phi) is 6.17. The van der Waals surface area contributed by atoms with Gasteiger partial charge in [0.05, 0.1) is 11.9 Å². The second kappa shape index (κ2) is 9.23. The zero-order chi connectivity index (χ0) is 22.9. The highest BCUT2D eigenvalue weighted by molar-refractivity contribution is 5.95. The van der Waals surface area contributed by atoms with Gasteiger partial charge in [0.25, 0.3) is 0 Å². The molecule has 5 rings (SSSR count). The van der Waals surface area contributed by atoms with E-state index in [-0.39, 0.29) is 11.8 Å². The lowest BCUT2D eigenvalue weighted by molar-refractivity contribution is -0.121. The first-order chi connectivity index (χ1) is 16.0. The van der Waals surface area contributed by atoms with E-state index in [2.05, 4.69) is 54.9 Å². The number of piperazine rings is 1. The summed E-state index contributed by atoms with van der Waals surface area (Å²) < 4.78 is 2.09. The molecule has 1 saturated carbocycles. The number of carbonyl (C=O) groups is 1. The number of aromatic nitrogens is 3. The fraction of sp³-hybridized carbons (Fsp3) is 0.500. The smallest absolute Gasteiger partial charge is 0.228 e. The Morgan fingerprint density at radius 1 is 0.939 bits per heavy atom. The molecule has 2 aliphatic rings. The lowest BCUT2D eigenvalue weighted by atomic mass is 9.84. The minimum atomic E-state index is 0.0787. The molecular weight excluding hydrogens is 412 g/mol. The molecule has 3 aromatic rings. The number of nitrogens with one attached hydrogen (secondary N) is 1. The van der Waals surface area contributed by atoms with Gasteiger partial charge in [-0.2, -0.15) is 0 Å². The summed E-state index contributed by atoms with van der Waals surface area (Å²) in [4.78, 5) is 26.9. The van der Waals surface area contributed by atoms with Crippen molar-refractivity contribution in [3.8, 4) is 11.3 Å². The molecule has 1 aromatic carbocycles. The Bertz CT molecular complexity index is 1140. The molecule has 1 aliphatic carbocycles. The number of hydrogen-bond acceptors (Lipinski definition) is 5. The van der Waals surface area contributed by atoms with Crippen molar-refractivity contribution in [2.45, 2.75) is 38.6 Å². The number of aryl methyl sites for hydroxylation is 1. The average Bonchev–Trinajstić information content (AvgIpc) is 3.17. The van der Waals surface area contributed by atoms with E-state index in [0.717, 1.165) is 79.7 Å². The van der Waals surface area contributed by atoms with Gasteiger partial charge in [-0.05, 0) is 57.2 Å². The van der Waals surface area contributed by atoms with E-state index in [1.807, 2.05) is 32.4 Å². The van der Waals surface area contributed by atoms with Crippen molar-refractivity contribution in [2.24, 2.45) is 13.0 Å². The van der Waals surface area contributed by atoms with Crippen LogP contribution in [0, 0.1) is 12.8 Å². The fourth-order valence-electron chi connectivity index (χ4n) is 5.26. The van der Waals surface area contributed by atoms with Gasteiger partial charge in [-0.3, -0.25) is 9.69 Å². The SMILES string of the molecule is Cc1ncc(-c2ccc3cnc(NC(=O)C4CCC(N5CCN(C)CC5)CC4)cc3c2)n1C. The first-order valence-corrected chi connectivity index (χ1v) is 12.1.